The summed E-state index contributed by atoms with van der Waals surface area (Å²) in [7, 11) is 1.79. The van der Waals surface area contributed by atoms with Crippen molar-refractivity contribution in [1.82, 2.24) is 9.78 Å². The standard InChI is InChI=1S/C16H19N3O2/c1-4-21-14-8-5-13(6-9-14)7-10-16(20)17-15-11-12(2)18-19(15)3/h5-11H,4H2,1-3H3,(H,17,20)/b10-7+. The topological polar surface area (TPSA) is 56.1 Å². The van der Waals surface area contributed by atoms with Crippen molar-refractivity contribution in [3.05, 3.63) is 47.7 Å². The smallest absolute Gasteiger partial charge is 0.249 e. The molecule has 0 aliphatic rings. The molecule has 5 heteroatoms. The van der Waals surface area contributed by atoms with Crippen molar-refractivity contribution in [1.29, 1.82) is 0 Å². The molecule has 0 unspecified atom stereocenters. The first-order valence-corrected chi connectivity index (χ1v) is 6.81. The lowest BCUT2D eigenvalue weighted by Crippen LogP contribution is -2.11. The molecule has 1 N–H and O–H groups in total. The summed E-state index contributed by atoms with van der Waals surface area (Å²) < 4.78 is 7.00. The number of benzene rings is 1. The Hall–Kier alpha value is -2.56. The van der Waals surface area contributed by atoms with Crippen molar-refractivity contribution in [2.75, 3.05) is 11.9 Å². The average Bonchev–Trinajstić information content (AvgIpc) is 2.76. The molecule has 5 nitrogen and oxygen atoms in total. The zero-order valence-electron chi connectivity index (χ0n) is 12.5. The summed E-state index contributed by atoms with van der Waals surface area (Å²) in [4.78, 5) is 11.9. The molecule has 0 radical (unpaired) electrons. The van der Waals surface area contributed by atoms with Crippen LogP contribution in [0.15, 0.2) is 36.4 Å². The number of carbonyl (C=O) groups excluding carboxylic acids is 1. The van der Waals surface area contributed by atoms with E-state index in [1.807, 2.05) is 44.2 Å². The first-order valence-electron chi connectivity index (χ1n) is 6.81. The van der Waals surface area contributed by atoms with Crippen molar-refractivity contribution in [2.24, 2.45) is 7.05 Å². The monoisotopic (exact) mass is 285 g/mol. The molecule has 0 spiro atoms. The molecular weight excluding hydrogens is 266 g/mol. The number of anilines is 1. The molecule has 0 atom stereocenters. The summed E-state index contributed by atoms with van der Waals surface area (Å²) in [5.41, 5.74) is 1.80. The molecular formula is C16H19N3O2. The summed E-state index contributed by atoms with van der Waals surface area (Å²) in [5.74, 6) is 1.31. The maximum atomic E-state index is 11.9. The Morgan fingerprint density at radius 1 is 1.38 bits per heavy atom. The van der Waals surface area contributed by atoms with E-state index in [2.05, 4.69) is 10.4 Å². The molecule has 110 valence electrons. The van der Waals surface area contributed by atoms with E-state index in [9.17, 15) is 4.79 Å². The zero-order valence-corrected chi connectivity index (χ0v) is 12.5. The first-order chi connectivity index (χ1) is 10.1. The van der Waals surface area contributed by atoms with Crippen LogP contribution in [0.5, 0.6) is 5.75 Å². The van der Waals surface area contributed by atoms with Gasteiger partial charge in [0.05, 0.1) is 12.3 Å². The molecule has 0 aliphatic carbocycles. The van der Waals surface area contributed by atoms with Crippen molar-refractivity contribution in [2.45, 2.75) is 13.8 Å². The van der Waals surface area contributed by atoms with Crippen LogP contribution in [0.25, 0.3) is 6.08 Å². The summed E-state index contributed by atoms with van der Waals surface area (Å²) in [5, 5.41) is 6.96. The lowest BCUT2D eigenvalue weighted by molar-refractivity contribution is -0.111. The highest BCUT2D eigenvalue weighted by molar-refractivity contribution is 6.01. The van der Waals surface area contributed by atoms with E-state index in [1.54, 1.807) is 17.8 Å². The molecule has 0 fully saturated rings. The maximum absolute atomic E-state index is 11.9. The summed E-state index contributed by atoms with van der Waals surface area (Å²) >= 11 is 0. The summed E-state index contributed by atoms with van der Waals surface area (Å²) in [6, 6.07) is 9.39. The van der Waals surface area contributed by atoms with Gasteiger partial charge in [0.15, 0.2) is 0 Å². The van der Waals surface area contributed by atoms with Gasteiger partial charge in [0, 0.05) is 19.2 Å². The van der Waals surface area contributed by atoms with Gasteiger partial charge in [0.2, 0.25) is 5.91 Å². The third-order valence-corrected chi connectivity index (χ3v) is 2.87. The van der Waals surface area contributed by atoms with Crippen LogP contribution in [0.1, 0.15) is 18.2 Å². The maximum Gasteiger partial charge on any atom is 0.249 e. The number of carbonyl (C=O) groups is 1. The van der Waals surface area contributed by atoms with E-state index < -0.39 is 0 Å². The van der Waals surface area contributed by atoms with Crippen LogP contribution in [0.4, 0.5) is 5.82 Å². The normalized spacial score (nSPS) is 10.8. The predicted octanol–water partition coefficient (Wildman–Crippen LogP) is 2.78. The van der Waals surface area contributed by atoms with Gasteiger partial charge < -0.3 is 10.1 Å². The number of nitrogens with zero attached hydrogens (tertiary/aromatic N) is 2. The van der Waals surface area contributed by atoms with Gasteiger partial charge in [-0.1, -0.05) is 12.1 Å². The Kier molecular flexibility index (Phi) is 4.77. The lowest BCUT2D eigenvalue weighted by atomic mass is 10.2. The summed E-state index contributed by atoms with van der Waals surface area (Å²) in [6.07, 6.45) is 3.26. The van der Waals surface area contributed by atoms with Gasteiger partial charge in [0.25, 0.3) is 0 Å². The van der Waals surface area contributed by atoms with Gasteiger partial charge >= 0.3 is 0 Å². The fourth-order valence-electron chi connectivity index (χ4n) is 1.91. The van der Waals surface area contributed by atoms with Gasteiger partial charge in [-0.05, 0) is 37.6 Å². The molecule has 0 saturated heterocycles. The van der Waals surface area contributed by atoms with Crippen LogP contribution in [0.3, 0.4) is 0 Å². The minimum absolute atomic E-state index is 0.188. The van der Waals surface area contributed by atoms with Gasteiger partial charge in [-0.25, -0.2) is 0 Å². The van der Waals surface area contributed by atoms with Crippen molar-refractivity contribution >= 4 is 17.8 Å². The summed E-state index contributed by atoms with van der Waals surface area (Å²) in [6.45, 7) is 4.46. The second-order valence-electron chi connectivity index (χ2n) is 4.62. The highest BCUT2D eigenvalue weighted by Gasteiger charge is 2.04. The third-order valence-electron chi connectivity index (χ3n) is 2.87. The fourth-order valence-corrected chi connectivity index (χ4v) is 1.91. The van der Waals surface area contributed by atoms with Crippen LogP contribution in [0.2, 0.25) is 0 Å². The number of aryl methyl sites for hydroxylation is 2. The Balaban J connectivity index is 1.97. The minimum atomic E-state index is -0.188. The van der Waals surface area contributed by atoms with Crippen LogP contribution >= 0.6 is 0 Å². The largest absolute Gasteiger partial charge is 0.494 e. The number of rotatable bonds is 5. The second-order valence-corrected chi connectivity index (χ2v) is 4.62. The van der Waals surface area contributed by atoms with E-state index >= 15 is 0 Å². The van der Waals surface area contributed by atoms with Crippen molar-refractivity contribution in [3.8, 4) is 5.75 Å². The van der Waals surface area contributed by atoms with Gasteiger partial charge in [0.1, 0.15) is 11.6 Å². The number of ether oxygens (including phenoxy) is 1. The lowest BCUT2D eigenvalue weighted by Gasteiger charge is -2.03. The highest BCUT2D eigenvalue weighted by atomic mass is 16.5. The number of amides is 1. The number of nitrogens with one attached hydrogen (secondary N) is 1. The molecule has 0 aliphatic heterocycles. The molecule has 0 saturated carbocycles. The van der Waals surface area contributed by atoms with Crippen LogP contribution < -0.4 is 10.1 Å². The van der Waals surface area contributed by atoms with Crippen molar-refractivity contribution < 1.29 is 9.53 Å². The molecule has 1 aromatic carbocycles. The Bertz CT molecular complexity index is 642. The minimum Gasteiger partial charge on any atom is -0.494 e. The average molecular weight is 285 g/mol. The fraction of sp³-hybridized carbons (Fsp3) is 0.250. The van der Waals surface area contributed by atoms with E-state index in [0.29, 0.717) is 12.4 Å². The predicted molar refractivity (Wildman–Crippen MR) is 83.2 cm³/mol. The number of hydrogen-bond donors (Lipinski definition) is 1. The number of hydrogen-bond acceptors (Lipinski definition) is 3. The first kappa shape index (κ1) is 14.8. The van der Waals surface area contributed by atoms with Gasteiger partial charge in [-0.3, -0.25) is 9.48 Å². The van der Waals surface area contributed by atoms with Crippen LogP contribution in [-0.2, 0) is 11.8 Å². The molecule has 21 heavy (non-hydrogen) atoms. The third kappa shape index (κ3) is 4.21. The number of aromatic nitrogens is 2. The van der Waals surface area contributed by atoms with Crippen molar-refractivity contribution in [3.63, 3.8) is 0 Å². The van der Waals surface area contributed by atoms with Gasteiger partial charge in [-0.15, -0.1) is 0 Å². The Labute approximate surface area is 124 Å². The van der Waals surface area contributed by atoms with E-state index in [4.69, 9.17) is 4.74 Å². The molecule has 1 heterocycles. The second kappa shape index (κ2) is 6.74. The Morgan fingerprint density at radius 3 is 2.67 bits per heavy atom. The van der Waals surface area contributed by atoms with E-state index in [1.165, 1.54) is 6.08 Å². The molecule has 2 rings (SSSR count). The Morgan fingerprint density at radius 2 is 2.10 bits per heavy atom. The molecule has 2 aromatic rings. The van der Waals surface area contributed by atoms with E-state index in [0.717, 1.165) is 17.0 Å². The van der Waals surface area contributed by atoms with Crippen LogP contribution in [-0.4, -0.2) is 22.3 Å². The van der Waals surface area contributed by atoms with Crippen LogP contribution in [0, 0.1) is 6.92 Å². The highest BCUT2D eigenvalue weighted by Crippen LogP contribution is 2.13. The van der Waals surface area contributed by atoms with Gasteiger partial charge in [-0.2, -0.15) is 5.10 Å². The van der Waals surface area contributed by atoms with E-state index in [-0.39, 0.29) is 5.91 Å². The molecule has 1 aromatic heterocycles. The zero-order chi connectivity index (χ0) is 15.2. The molecule has 1 amide bonds. The quantitative estimate of drug-likeness (QED) is 0.859. The SMILES string of the molecule is CCOc1ccc(/C=C/C(=O)Nc2cc(C)nn2C)cc1. The molecule has 0 bridgehead atoms.